The molecule has 0 saturated heterocycles. The van der Waals surface area contributed by atoms with Crippen molar-refractivity contribution < 1.29 is 19.0 Å². The number of rotatable bonds is 9. The number of fused-ring (bicyclic) bond motifs is 1. The zero-order valence-electron chi connectivity index (χ0n) is 16.6. The lowest BCUT2D eigenvalue weighted by Crippen LogP contribution is -2.25. The van der Waals surface area contributed by atoms with E-state index < -0.39 is 0 Å². The number of nitrogens with zero attached hydrogens (tertiary/aromatic N) is 1. The van der Waals surface area contributed by atoms with Crippen LogP contribution in [0.4, 0.5) is 0 Å². The van der Waals surface area contributed by atoms with Gasteiger partial charge in [-0.15, -0.1) is 0 Å². The van der Waals surface area contributed by atoms with Gasteiger partial charge in [0, 0.05) is 32.3 Å². The number of methoxy groups -OCH3 is 2. The Labute approximate surface area is 166 Å². The molecule has 1 heterocycles. The Hall–Kier alpha value is -2.60. The third-order valence-corrected chi connectivity index (χ3v) is 5.05. The van der Waals surface area contributed by atoms with Crippen molar-refractivity contribution >= 4 is 5.91 Å². The van der Waals surface area contributed by atoms with Gasteiger partial charge in [-0.25, -0.2) is 4.98 Å². The molecule has 1 aliphatic carbocycles. The maximum absolute atomic E-state index is 12.5. The Kier molecular flexibility index (Phi) is 7.25. The van der Waals surface area contributed by atoms with Gasteiger partial charge in [-0.05, 0) is 54.0 Å². The third kappa shape index (κ3) is 5.45. The molecule has 3 rings (SSSR count). The molecule has 1 unspecified atom stereocenters. The van der Waals surface area contributed by atoms with E-state index >= 15 is 0 Å². The second kappa shape index (κ2) is 10.1. The molecule has 0 fully saturated rings. The van der Waals surface area contributed by atoms with Gasteiger partial charge in [-0.3, -0.25) is 4.79 Å². The van der Waals surface area contributed by atoms with Gasteiger partial charge < -0.3 is 19.5 Å². The predicted molar refractivity (Wildman–Crippen MR) is 107 cm³/mol. The summed E-state index contributed by atoms with van der Waals surface area (Å²) in [7, 11) is 3.31. The maximum Gasteiger partial charge on any atom is 0.220 e. The van der Waals surface area contributed by atoms with Gasteiger partial charge in [-0.1, -0.05) is 12.1 Å². The van der Waals surface area contributed by atoms with Crippen LogP contribution < -0.4 is 14.8 Å². The Bertz CT molecular complexity index is 777. The van der Waals surface area contributed by atoms with Gasteiger partial charge >= 0.3 is 0 Å². The van der Waals surface area contributed by atoms with Crippen molar-refractivity contribution in [2.24, 2.45) is 0 Å². The van der Waals surface area contributed by atoms with Crippen LogP contribution in [0.1, 0.15) is 41.9 Å². The van der Waals surface area contributed by atoms with E-state index in [1.54, 1.807) is 20.4 Å². The quantitative estimate of drug-likeness (QED) is 0.672. The van der Waals surface area contributed by atoms with Gasteiger partial charge in [0.1, 0.15) is 12.4 Å². The lowest BCUT2D eigenvalue weighted by atomic mass is 9.81. The highest BCUT2D eigenvalue weighted by Crippen LogP contribution is 2.35. The standard InChI is InChI=1S/C22H28N2O4/c1-26-10-11-28-22-9-6-16(15-24-22)14-23-21(25)13-18-5-3-4-17-12-19(27-2)7-8-20(17)18/h6-9,12,15,18H,3-5,10-11,13-14H2,1-2H3,(H,23,25). The molecule has 6 nitrogen and oxygen atoms in total. The molecule has 1 aromatic heterocycles. The number of ether oxygens (including phenoxy) is 3. The molecule has 0 radical (unpaired) electrons. The van der Waals surface area contributed by atoms with E-state index in [9.17, 15) is 4.79 Å². The molecular weight excluding hydrogens is 356 g/mol. The topological polar surface area (TPSA) is 69.7 Å². The molecular formula is C22H28N2O4. The van der Waals surface area contributed by atoms with Crippen molar-refractivity contribution in [2.45, 2.75) is 38.1 Å². The third-order valence-electron chi connectivity index (χ3n) is 5.05. The van der Waals surface area contributed by atoms with Crippen LogP contribution in [0.15, 0.2) is 36.5 Å². The fourth-order valence-electron chi connectivity index (χ4n) is 3.56. The zero-order chi connectivity index (χ0) is 19.8. The minimum absolute atomic E-state index is 0.0640. The molecule has 150 valence electrons. The van der Waals surface area contributed by atoms with Crippen LogP contribution in [-0.4, -0.2) is 38.3 Å². The summed E-state index contributed by atoms with van der Waals surface area (Å²) in [6.45, 7) is 1.46. The summed E-state index contributed by atoms with van der Waals surface area (Å²) in [6, 6.07) is 9.91. The second-order valence-corrected chi connectivity index (χ2v) is 6.98. The number of pyridine rings is 1. The highest BCUT2D eigenvalue weighted by atomic mass is 16.5. The van der Waals surface area contributed by atoms with Gasteiger partial charge in [0.25, 0.3) is 0 Å². The van der Waals surface area contributed by atoms with Gasteiger partial charge in [0.05, 0.1) is 13.7 Å². The number of hydrogen-bond donors (Lipinski definition) is 1. The van der Waals surface area contributed by atoms with E-state index in [1.807, 2.05) is 18.2 Å². The van der Waals surface area contributed by atoms with Gasteiger partial charge in [0.15, 0.2) is 0 Å². The first-order valence-corrected chi connectivity index (χ1v) is 9.69. The molecule has 0 bridgehead atoms. The summed E-state index contributed by atoms with van der Waals surface area (Å²) < 4.78 is 15.7. The summed E-state index contributed by atoms with van der Waals surface area (Å²) in [5.41, 5.74) is 3.53. The first kappa shape index (κ1) is 20.1. The first-order chi connectivity index (χ1) is 13.7. The molecule has 1 aromatic carbocycles. The van der Waals surface area contributed by atoms with Crippen molar-refractivity contribution in [2.75, 3.05) is 27.4 Å². The summed E-state index contributed by atoms with van der Waals surface area (Å²) in [6.07, 6.45) is 5.43. The van der Waals surface area contributed by atoms with Crippen molar-refractivity contribution in [1.29, 1.82) is 0 Å². The Balaban J connectivity index is 1.50. The molecule has 2 aromatic rings. The summed E-state index contributed by atoms with van der Waals surface area (Å²) in [4.78, 5) is 16.7. The first-order valence-electron chi connectivity index (χ1n) is 9.69. The number of aryl methyl sites for hydroxylation is 1. The maximum atomic E-state index is 12.5. The van der Waals surface area contributed by atoms with Crippen LogP contribution in [0.3, 0.4) is 0 Å². The number of aromatic nitrogens is 1. The van der Waals surface area contributed by atoms with Gasteiger partial charge in [0.2, 0.25) is 11.8 Å². The summed E-state index contributed by atoms with van der Waals surface area (Å²) >= 11 is 0. The molecule has 0 saturated carbocycles. The average Bonchev–Trinajstić information content (AvgIpc) is 2.73. The minimum Gasteiger partial charge on any atom is -0.497 e. The SMILES string of the molecule is COCCOc1ccc(CNC(=O)CC2CCCc3cc(OC)ccc32)cn1. The molecule has 1 amide bonds. The molecule has 6 heteroatoms. The highest BCUT2D eigenvalue weighted by Gasteiger charge is 2.23. The second-order valence-electron chi connectivity index (χ2n) is 6.98. The smallest absolute Gasteiger partial charge is 0.220 e. The fourth-order valence-corrected chi connectivity index (χ4v) is 3.56. The monoisotopic (exact) mass is 384 g/mol. The largest absolute Gasteiger partial charge is 0.497 e. The molecule has 1 N–H and O–H groups in total. The van der Waals surface area contributed by atoms with Crippen molar-refractivity contribution in [3.05, 3.63) is 53.2 Å². The number of amides is 1. The predicted octanol–water partition coefficient (Wildman–Crippen LogP) is 3.24. The number of benzene rings is 1. The number of hydrogen-bond acceptors (Lipinski definition) is 5. The molecule has 0 spiro atoms. The average molecular weight is 384 g/mol. The number of carbonyl (C=O) groups excluding carboxylic acids is 1. The van der Waals surface area contributed by atoms with Crippen LogP contribution in [0.25, 0.3) is 0 Å². The van der Waals surface area contributed by atoms with Crippen molar-refractivity contribution in [3.63, 3.8) is 0 Å². The van der Waals surface area contributed by atoms with Crippen molar-refractivity contribution in [3.8, 4) is 11.6 Å². The van der Waals surface area contributed by atoms with Crippen LogP contribution in [-0.2, 0) is 22.5 Å². The van der Waals surface area contributed by atoms with Crippen LogP contribution in [0.5, 0.6) is 11.6 Å². The summed E-state index contributed by atoms with van der Waals surface area (Å²) in [5, 5.41) is 3.01. The van der Waals surface area contributed by atoms with Crippen LogP contribution in [0.2, 0.25) is 0 Å². The van der Waals surface area contributed by atoms with Crippen LogP contribution in [0, 0.1) is 0 Å². The Morgan fingerprint density at radius 1 is 1.21 bits per heavy atom. The van der Waals surface area contributed by atoms with E-state index in [2.05, 4.69) is 22.4 Å². The lowest BCUT2D eigenvalue weighted by Gasteiger charge is -2.25. The fraction of sp³-hybridized carbons (Fsp3) is 0.455. The normalized spacial score (nSPS) is 15.6. The molecule has 0 aliphatic heterocycles. The van der Waals surface area contributed by atoms with Crippen LogP contribution >= 0.6 is 0 Å². The van der Waals surface area contributed by atoms with E-state index in [1.165, 1.54) is 11.1 Å². The Morgan fingerprint density at radius 2 is 2.11 bits per heavy atom. The highest BCUT2D eigenvalue weighted by molar-refractivity contribution is 5.77. The minimum atomic E-state index is 0.0640. The number of nitrogens with one attached hydrogen (secondary N) is 1. The molecule has 28 heavy (non-hydrogen) atoms. The Morgan fingerprint density at radius 3 is 2.86 bits per heavy atom. The van der Waals surface area contributed by atoms with E-state index in [-0.39, 0.29) is 11.8 Å². The summed E-state index contributed by atoms with van der Waals surface area (Å²) in [5.74, 6) is 1.77. The van der Waals surface area contributed by atoms with Gasteiger partial charge in [-0.2, -0.15) is 0 Å². The molecule has 1 aliphatic rings. The number of carbonyl (C=O) groups is 1. The van der Waals surface area contributed by atoms with E-state index in [4.69, 9.17) is 14.2 Å². The zero-order valence-corrected chi connectivity index (χ0v) is 16.6. The molecule has 1 atom stereocenters. The van der Waals surface area contributed by atoms with E-state index in [0.717, 1.165) is 30.6 Å². The lowest BCUT2D eigenvalue weighted by molar-refractivity contribution is -0.121. The van der Waals surface area contributed by atoms with E-state index in [0.29, 0.717) is 32.1 Å². The van der Waals surface area contributed by atoms with Crippen molar-refractivity contribution in [1.82, 2.24) is 10.3 Å².